The molecule has 3 nitrogen and oxygen atoms in total. The van der Waals surface area contributed by atoms with Crippen molar-refractivity contribution in [1.29, 1.82) is 0 Å². The molecular formula is C20H22N2OS. The van der Waals surface area contributed by atoms with Crippen LogP contribution in [0.5, 0.6) is 0 Å². The van der Waals surface area contributed by atoms with Gasteiger partial charge < -0.3 is 9.88 Å². The molecule has 4 rings (SSSR count). The highest BCUT2D eigenvalue weighted by atomic mass is 32.1. The van der Waals surface area contributed by atoms with Crippen LogP contribution in [0.2, 0.25) is 0 Å². The largest absolute Gasteiger partial charge is 0.333 e. The van der Waals surface area contributed by atoms with Gasteiger partial charge >= 0.3 is 0 Å². The number of aromatic nitrogens is 1. The third-order valence-electron chi connectivity index (χ3n) is 5.15. The van der Waals surface area contributed by atoms with E-state index in [1.807, 2.05) is 12.1 Å². The van der Waals surface area contributed by atoms with Gasteiger partial charge in [0.05, 0.1) is 10.2 Å². The van der Waals surface area contributed by atoms with Crippen LogP contribution < -0.4 is 5.32 Å². The maximum atomic E-state index is 12.9. The summed E-state index contributed by atoms with van der Waals surface area (Å²) in [6, 6.07) is 10.7. The number of nitrogens with one attached hydrogen (secondary N) is 1. The van der Waals surface area contributed by atoms with Crippen molar-refractivity contribution in [3.05, 3.63) is 52.5 Å². The number of carbonyl (C=O) groups is 1. The van der Waals surface area contributed by atoms with Crippen molar-refractivity contribution >= 4 is 33.1 Å². The van der Waals surface area contributed by atoms with Gasteiger partial charge in [-0.1, -0.05) is 18.9 Å². The van der Waals surface area contributed by atoms with Crippen molar-refractivity contribution in [3.63, 3.8) is 0 Å². The monoisotopic (exact) mass is 338 g/mol. The number of amides is 1. The second-order valence-corrected chi connectivity index (χ2v) is 7.71. The Kier molecular flexibility index (Phi) is 3.93. The highest BCUT2D eigenvalue weighted by Crippen LogP contribution is 2.36. The van der Waals surface area contributed by atoms with Crippen LogP contribution in [0.4, 0.5) is 5.69 Å². The van der Waals surface area contributed by atoms with Crippen LogP contribution in [0, 0.1) is 13.8 Å². The summed E-state index contributed by atoms with van der Waals surface area (Å²) in [6.07, 6.45) is 4.85. The Morgan fingerprint density at radius 2 is 1.92 bits per heavy atom. The summed E-state index contributed by atoms with van der Waals surface area (Å²) in [7, 11) is 0. The van der Waals surface area contributed by atoms with Crippen molar-refractivity contribution in [2.45, 2.75) is 45.6 Å². The second-order valence-electron chi connectivity index (χ2n) is 6.76. The number of rotatable bonds is 3. The molecule has 4 heteroatoms. The Labute approximate surface area is 146 Å². The predicted octanol–water partition coefficient (Wildman–Crippen LogP) is 5.69. The number of hydrogen-bond acceptors (Lipinski definition) is 2. The minimum absolute atomic E-state index is 0.00597. The average Bonchev–Trinajstić information content (AvgIpc) is 3.26. The summed E-state index contributed by atoms with van der Waals surface area (Å²) in [6.45, 7) is 4.16. The zero-order chi connectivity index (χ0) is 16.7. The lowest BCUT2D eigenvalue weighted by molar-refractivity contribution is 0.101. The molecule has 1 saturated carbocycles. The Morgan fingerprint density at radius 3 is 2.67 bits per heavy atom. The molecule has 0 bridgehead atoms. The quantitative estimate of drug-likeness (QED) is 0.654. The summed E-state index contributed by atoms with van der Waals surface area (Å²) in [5.74, 6) is -0.00597. The molecule has 1 N–H and O–H groups in total. The van der Waals surface area contributed by atoms with E-state index < -0.39 is 0 Å². The molecule has 1 aliphatic rings. The summed E-state index contributed by atoms with van der Waals surface area (Å²) >= 11 is 1.71. The van der Waals surface area contributed by atoms with Gasteiger partial charge in [0.1, 0.15) is 5.69 Å². The average molecular weight is 338 g/mol. The van der Waals surface area contributed by atoms with E-state index in [4.69, 9.17) is 0 Å². The first-order chi connectivity index (χ1) is 11.6. The maximum Gasteiger partial charge on any atom is 0.272 e. The van der Waals surface area contributed by atoms with E-state index >= 15 is 0 Å². The van der Waals surface area contributed by atoms with Gasteiger partial charge in [0.15, 0.2) is 0 Å². The fourth-order valence-electron chi connectivity index (χ4n) is 3.69. The van der Waals surface area contributed by atoms with Crippen molar-refractivity contribution in [3.8, 4) is 0 Å². The summed E-state index contributed by atoms with van der Waals surface area (Å²) in [5, 5.41) is 5.20. The van der Waals surface area contributed by atoms with E-state index in [1.54, 1.807) is 11.3 Å². The molecule has 0 unspecified atom stereocenters. The highest BCUT2D eigenvalue weighted by Gasteiger charge is 2.25. The molecule has 2 heterocycles. The molecule has 0 aliphatic heterocycles. The van der Waals surface area contributed by atoms with Crippen molar-refractivity contribution in [2.24, 2.45) is 0 Å². The smallest absolute Gasteiger partial charge is 0.272 e. The maximum absolute atomic E-state index is 12.9. The fraction of sp³-hybridized carbons (Fsp3) is 0.350. The van der Waals surface area contributed by atoms with Crippen molar-refractivity contribution in [2.75, 3.05) is 5.32 Å². The molecule has 124 valence electrons. The van der Waals surface area contributed by atoms with E-state index in [0.717, 1.165) is 11.4 Å². The number of hydrogen-bond donors (Lipinski definition) is 1. The zero-order valence-corrected chi connectivity index (χ0v) is 15.0. The molecule has 1 aliphatic carbocycles. The van der Waals surface area contributed by atoms with Crippen LogP contribution in [-0.2, 0) is 0 Å². The van der Waals surface area contributed by atoms with Gasteiger partial charge in [-0.05, 0) is 67.5 Å². The molecule has 0 radical (unpaired) electrons. The van der Waals surface area contributed by atoms with Gasteiger partial charge in [0, 0.05) is 11.7 Å². The number of fused-ring (bicyclic) bond motifs is 1. The van der Waals surface area contributed by atoms with Gasteiger partial charge in [-0.15, -0.1) is 11.3 Å². The van der Waals surface area contributed by atoms with Crippen LogP contribution in [0.1, 0.15) is 53.3 Å². The summed E-state index contributed by atoms with van der Waals surface area (Å²) in [5.41, 5.74) is 5.30. The molecule has 24 heavy (non-hydrogen) atoms. The molecule has 1 aromatic carbocycles. The molecule has 3 aromatic rings. The van der Waals surface area contributed by atoms with Crippen LogP contribution >= 0.6 is 11.3 Å². The van der Waals surface area contributed by atoms with Gasteiger partial charge in [-0.3, -0.25) is 4.79 Å². The summed E-state index contributed by atoms with van der Waals surface area (Å²) < 4.78 is 3.47. The van der Waals surface area contributed by atoms with Gasteiger partial charge in [0.2, 0.25) is 0 Å². The zero-order valence-electron chi connectivity index (χ0n) is 14.1. The van der Waals surface area contributed by atoms with Crippen LogP contribution in [0.15, 0.2) is 35.7 Å². The van der Waals surface area contributed by atoms with Gasteiger partial charge in [0.25, 0.3) is 5.91 Å². The van der Waals surface area contributed by atoms with Crippen LogP contribution in [0.25, 0.3) is 10.2 Å². The molecule has 0 spiro atoms. The Hall–Kier alpha value is -2.07. The van der Waals surface area contributed by atoms with E-state index in [9.17, 15) is 4.79 Å². The first kappa shape index (κ1) is 15.5. The van der Waals surface area contributed by atoms with Crippen molar-refractivity contribution in [1.82, 2.24) is 4.57 Å². The SMILES string of the molecule is Cc1ccc(NC(=O)c2cc3sccc3n2C2CCCC2)cc1C. The van der Waals surface area contributed by atoms with Gasteiger partial charge in [-0.2, -0.15) is 0 Å². The number of aryl methyl sites for hydroxylation is 2. The molecule has 0 saturated heterocycles. The van der Waals surface area contributed by atoms with Crippen LogP contribution in [-0.4, -0.2) is 10.5 Å². The highest BCUT2D eigenvalue weighted by molar-refractivity contribution is 7.17. The molecule has 2 aromatic heterocycles. The minimum Gasteiger partial charge on any atom is -0.333 e. The minimum atomic E-state index is -0.00597. The lowest BCUT2D eigenvalue weighted by atomic mass is 10.1. The van der Waals surface area contributed by atoms with Gasteiger partial charge in [-0.25, -0.2) is 0 Å². The Morgan fingerprint density at radius 1 is 1.12 bits per heavy atom. The molecule has 1 fully saturated rings. The molecule has 1 amide bonds. The first-order valence-corrected chi connectivity index (χ1v) is 9.48. The number of thiophene rings is 1. The predicted molar refractivity (Wildman–Crippen MR) is 101 cm³/mol. The van der Waals surface area contributed by atoms with Crippen molar-refractivity contribution < 1.29 is 4.79 Å². The number of nitrogens with zero attached hydrogens (tertiary/aromatic N) is 1. The topological polar surface area (TPSA) is 34.0 Å². The molecular weight excluding hydrogens is 316 g/mol. The number of benzene rings is 1. The number of anilines is 1. The third-order valence-corrected chi connectivity index (χ3v) is 6.00. The fourth-order valence-corrected chi connectivity index (χ4v) is 4.50. The number of carbonyl (C=O) groups excluding carboxylic acids is 1. The lowest BCUT2D eigenvalue weighted by Crippen LogP contribution is -2.19. The Balaban J connectivity index is 1.69. The van der Waals surface area contributed by atoms with Crippen LogP contribution in [0.3, 0.4) is 0 Å². The van der Waals surface area contributed by atoms with E-state index in [-0.39, 0.29) is 5.91 Å². The summed E-state index contributed by atoms with van der Waals surface area (Å²) in [4.78, 5) is 12.9. The first-order valence-electron chi connectivity index (χ1n) is 8.60. The van der Waals surface area contributed by atoms with E-state index in [0.29, 0.717) is 6.04 Å². The lowest BCUT2D eigenvalue weighted by Gasteiger charge is -2.17. The third kappa shape index (κ3) is 2.65. The van der Waals surface area contributed by atoms with E-state index in [1.165, 1.54) is 47.0 Å². The van der Waals surface area contributed by atoms with E-state index in [2.05, 4.69) is 47.3 Å². The second kappa shape index (κ2) is 6.10. The molecule has 0 atom stereocenters. The normalized spacial score (nSPS) is 15.2. The Bertz CT molecular complexity index is 900. The standard InChI is InChI=1S/C20H22N2OS/c1-13-7-8-15(11-14(13)2)21-20(23)18-12-19-17(9-10-24-19)22(18)16-5-3-4-6-16/h7-12,16H,3-6H2,1-2H3,(H,21,23).